The van der Waals surface area contributed by atoms with Crippen molar-refractivity contribution in [1.82, 2.24) is 4.98 Å². The van der Waals surface area contributed by atoms with Gasteiger partial charge in [0.2, 0.25) is 0 Å². The van der Waals surface area contributed by atoms with Crippen LogP contribution in [0.25, 0.3) is 0 Å². The number of hydrogen-bond acceptors (Lipinski definition) is 3. The Labute approximate surface area is 103 Å². The molecule has 0 aliphatic heterocycles. The Morgan fingerprint density at radius 2 is 2.12 bits per heavy atom. The third-order valence-electron chi connectivity index (χ3n) is 3.65. The van der Waals surface area contributed by atoms with Gasteiger partial charge in [0.05, 0.1) is 23.7 Å². The molecule has 2 rings (SSSR count). The maximum Gasteiger partial charge on any atom is 0.0931 e. The molecular formula is C14H22N2O. The molecule has 0 spiro atoms. The molecule has 1 N–H and O–H groups in total. The first-order valence-corrected chi connectivity index (χ1v) is 6.52. The van der Waals surface area contributed by atoms with Crippen molar-refractivity contribution >= 4 is 5.69 Å². The number of aromatic nitrogens is 1. The highest BCUT2D eigenvalue weighted by molar-refractivity contribution is 5.43. The van der Waals surface area contributed by atoms with E-state index in [0.717, 1.165) is 23.8 Å². The number of aliphatic hydroxyl groups is 1. The highest BCUT2D eigenvalue weighted by Crippen LogP contribution is 2.26. The van der Waals surface area contributed by atoms with Gasteiger partial charge in [-0.25, -0.2) is 0 Å². The summed E-state index contributed by atoms with van der Waals surface area (Å²) in [7, 11) is 2.12. The molecule has 3 heteroatoms. The molecule has 0 unspecified atom stereocenters. The van der Waals surface area contributed by atoms with Crippen LogP contribution in [0.3, 0.4) is 0 Å². The summed E-state index contributed by atoms with van der Waals surface area (Å²) in [6, 6.07) is 3.95. The lowest BCUT2D eigenvalue weighted by Crippen LogP contribution is -2.24. The minimum atomic E-state index is -0.482. The van der Waals surface area contributed by atoms with Crippen molar-refractivity contribution in [2.45, 2.75) is 38.7 Å². The average Bonchev–Trinajstić information content (AvgIpc) is 2.82. The molecular weight excluding hydrogens is 212 g/mol. The van der Waals surface area contributed by atoms with E-state index in [1.807, 2.05) is 18.3 Å². The number of rotatable bonds is 4. The Balaban J connectivity index is 1.96. The smallest absolute Gasteiger partial charge is 0.0931 e. The Bertz CT molecular complexity index is 342. The summed E-state index contributed by atoms with van der Waals surface area (Å²) in [4.78, 5) is 6.55. The fourth-order valence-corrected chi connectivity index (χ4v) is 2.56. The first-order valence-electron chi connectivity index (χ1n) is 6.52. The van der Waals surface area contributed by atoms with Crippen molar-refractivity contribution in [3.05, 3.63) is 24.0 Å². The zero-order valence-electron chi connectivity index (χ0n) is 10.8. The van der Waals surface area contributed by atoms with E-state index in [1.165, 1.54) is 25.7 Å². The van der Waals surface area contributed by atoms with E-state index >= 15 is 0 Å². The first-order chi connectivity index (χ1) is 8.16. The first kappa shape index (κ1) is 12.4. The van der Waals surface area contributed by atoms with Gasteiger partial charge in [-0.05, 0) is 37.8 Å². The fraction of sp³-hybridized carbons (Fsp3) is 0.643. The normalized spacial score (nSPS) is 18.3. The van der Waals surface area contributed by atoms with Gasteiger partial charge in [-0.2, -0.15) is 0 Å². The number of hydrogen-bond donors (Lipinski definition) is 1. The van der Waals surface area contributed by atoms with Crippen LogP contribution in [0.5, 0.6) is 0 Å². The molecule has 17 heavy (non-hydrogen) atoms. The van der Waals surface area contributed by atoms with Crippen LogP contribution in [0.1, 0.15) is 44.4 Å². The maximum absolute atomic E-state index is 9.41. The molecule has 1 fully saturated rings. The lowest BCUT2D eigenvalue weighted by molar-refractivity contribution is 0.194. The zero-order chi connectivity index (χ0) is 12.3. The lowest BCUT2D eigenvalue weighted by Gasteiger charge is -2.23. The number of nitrogens with zero attached hydrogens (tertiary/aromatic N) is 2. The molecule has 1 saturated carbocycles. The summed E-state index contributed by atoms with van der Waals surface area (Å²) < 4.78 is 0. The molecule has 0 bridgehead atoms. The topological polar surface area (TPSA) is 36.4 Å². The summed E-state index contributed by atoms with van der Waals surface area (Å²) in [6.07, 6.45) is 6.88. The third kappa shape index (κ3) is 3.19. The second-order valence-electron chi connectivity index (χ2n) is 5.15. The van der Waals surface area contributed by atoms with Gasteiger partial charge in [-0.3, -0.25) is 4.98 Å². The van der Waals surface area contributed by atoms with Crippen LogP contribution in [0.4, 0.5) is 5.69 Å². The quantitative estimate of drug-likeness (QED) is 0.870. The van der Waals surface area contributed by atoms with Gasteiger partial charge >= 0.3 is 0 Å². The standard InChI is InChI=1S/C14H22N2O/c1-11(17)14-8-7-13(9-15-14)16(2)10-12-5-3-4-6-12/h7-9,11-12,17H,3-6,10H2,1-2H3/t11-/m0/s1. The molecule has 1 atom stereocenters. The predicted octanol–water partition coefficient (Wildman–Crippen LogP) is 2.76. The van der Waals surface area contributed by atoms with Crippen molar-refractivity contribution in [3.63, 3.8) is 0 Å². The monoisotopic (exact) mass is 234 g/mol. The van der Waals surface area contributed by atoms with E-state index in [-0.39, 0.29) is 0 Å². The van der Waals surface area contributed by atoms with Crippen molar-refractivity contribution in [3.8, 4) is 0 Å². The van der Waals surface area contributed by atoms with Gasteiger partial charge in [0, 0.05) is 13.6 Å². The Hall–Kier alpha value is -1.09. The molecule has 0 amide bonds. The van der Waals surface area contributed by atoms with E-state index in [1.54, 1.807) is 6.92 Å². The number of anilines is 1. The second-order valence-corrected chi connectivity index (χ2v) is 5.15. The Morgan fingerprint density at radius 1 is 1.41 bits per heavy atom. The maximum atomic E-state index is 9.41. The molecule has 0 saturated heterocycles. The van der Waals surface area contributed by atoms with Gasteiger partial charge in [-0.15, -0.1) is 0 Å². The third-order valence-corrected chi connectivity index (χ3v) is 3.65. The summed E-state index contributed by atoms with van der Waals surface area (Å²) in [5.74, 6) is 0.844. The summed E-state index contributed by atoms with van der Waals surface area (Å²) in [5.41, 5.74) is 1.88. The molecule has 1 heterocycles. The highest BCUT2D eigenvalue weighted by Gasteiger charge is 2.17. The summed E-state index contributed by atoms with van der Waals surface area (Å²) in [5, 5.41) is 9.41. The minimum Gasteiger partial charge on any atom is -0.387 e. The van der Waals surface area contributed by atoms with Crippen molar-refractivity contribution in [2.75, 3.05) is 18.5 Å². The van der Waals surface area contributed by atoms with Crippen molar-refractivity contribution < 1.29 is 5.11 Å². The van der Waals surface area contributed by atoms with Crippen LogP contribution in [0.15, 0.2) is 18.3 Å². The Kier molecular flexibility index (Phi) is 4.00. The van der Waals surface area contributed by atoms with Crippen LogP contribution in [-0.4, -0.2) is 23.7 Å². The van der Waals surface area contributed by atoms with Crippen LogP contribution >= 0.6 is 0 Å². The van der Waals surface area contributed by atoms with Gasteiger partial charge in [0.15, 0.2) is 0 Å². The summed E-state index contributed by atoms with van der Waals surface area (Å²) in [6.45, 7) is 2.86. The van der Waals surface area contributed by atoms with Gasteiger partial charge in [-0.1, -0.05) is 12.8 Å². The number of aliphatic hydroxyl groups excluding tert-OH is 1. The fourth-order valence-electron chi connectivity index (χ4n) is 2.56. The van der Waals surface area contributed by atoms with Gasteiger partial charge in [0.1, 0.15) is 0 Å². The van der Waals surface area contributed by atoms with Crippen molar-refractivity contribution in [2.24, 2.45) is 5.92 Å². The molecule has 1 aliphatic rings. The zero-order valence-corrected chi connectivity index (χ0v) is 10.8. The molecule has 94 valence electrons. The average molecular weight is 234 g/mol. The lowest BCUT2D eigenvalue weighted by atomic mass is 10.1. The second kappa shape index (κ2) is 5.50. The molecule has 0 aromatic carbocycles. The van der Waals surface area contributed by atoms with Crippen LogP contribution in [0, 0.1) is 5.92 Å². The summed E-state index contributed by atoms with van der Waals surface area (Å²) >= 11 is 0. The minimum absolute atomic E-state index is 0.482. The van der Waals surface area contributed by atoms with Crippen molar-refractivity contribution in [1.29, 1.82) is 0 Å². The highest BCUT2D eigenvalue weighted by atomic mass is 16.3. The van der Waals surface area contributed by atoms with E-state index in [4.69, 9.17) is 0 Å². The molecule has 1 aliphatic carbocycles. The predicted molar refractivity (Wildman–Crippen MR) is 70.1 cm³/mol. The van der Waals surface area contributed by atoms with E-state index in [0.29, 0.717) is 0 Å². The van der Waals surface area contributed by atoms with E-state index < -0.39 is 6.10 Å². The van der Waals surface area contributed by atoms with Gasteiger partial charge < -0.3 is 10.0 Å². The number of pyridine rings is 1. The molecule has 0 radical (unpaired) electrons. The largest absolute Gasteiger partial charge is 0.387 e. The Morgan fingerprint density at radius 3 is 2.65 bits per heavy atom. The molecule has 1 aromatic heterocycles. The molecule has 1 aromatic rings. The van der Waals surface area contributed by atoms with Gasteiger partial charge in [0.25, 0.3) is 0 Å². The van der Waals surface area contributed by atoms with Crippen LogP contribution in [0.2, 0.25) is 0 Å². The van der Waals surface area contributed by atoms with E-state index in [2.05, 4.69) is 16.9 Å². The van der Waals surface area contributed by atoms with E-state index in [9.17, 15) is 5.11 Å². The van der Waals surface area contributed by atoms with Crippen LogP contribution < -0.4 is 4.90 Å². The SMILES string of the molecule is C[C@H](O)c1ccc(N(C)CC2CCCC2)cn1. The van der Waals surface area contributed by atoms with Crippen LogP contribution in [-0.2, 0) is 0 Å². The molecule has 3 nitrogen and oxygen atoms in total.